The van der Waals surface area contributed by atoms with E-state index in [1.807, 2.05) is 29.2 Å². The molecule has 1 aliphatic heterocycles. The Labute approximate surface area is 167 Å². The maximum atomic E-state index is 12.2. The van der Waals surface area contributed by atoms with Crippen LogP contribution in [0.5, 0.6) is 0 Å². The van der Waals surface area contributed by atoms with E-state index in [-0.39, 0.29) is 42.1 Å². The van der Waals surface area contributed by atoms with E-state index in [0.29, 0.717) is 12.1 Å². The van der Waals surface area contributed by atoms with Crippen LogP contribution in [-0.2, 0) is 15.0 Å². The fourth-order valence-corrected chi connectivity index (χ4v) is 3.27. The molecule has 2 rings (SSSR count). The highest BCUT2D eigenvalue weighted by atomic mass is 16.2. The van der Waals surface area contributed by atoms with Crippen LogP contribution in [0.3, 0.4) is 0 Å². The molecule has 4 N–H and O–H groups in total. The number of rotatable bonds is 7. The lowest BCUT2D eigenvalue weighted by molar-refractivity contribution is -0.123. The molecule has 1 aromatic rings. The average Bonchev–Trinajstić information content (AvgIpc) is 2.62. The molecule has 0 unspecified atom stereocenters. The summed E-state index contributed by atoms with van der Waals surface area (Å²) >= 11 is 0. The van der Waals surface area contributed by atoms with Crippen LogP contribution in [0, 0.1) is 0 Å². The van der Waals surface area contributed by atoms with Crippen molar-refractivity contribution in [2.24, 2.45) is 5.73 Å². The van der Waals surface area contributed by atoms with Crippen LogP contribution >= 0.6 is 0 Å². The number of carbonyl (C=O) groups is 3. The molecule has 28 heavy (non-hydrogen) atoms. The summed E-state index contributed by atoms with van der Waals surface area (Å²) in [6.07, 6.45) is 1.84. The average molecular weight is 389 g/mol. The van der Waals surface area contributed by atoms with Crippen molar-refractivity contribution in [2.75, 3.05) is 26.2 Å². The molecule has 0 atom stereocenters. The maximum Gasteiger partial charge on any atom is 0.251 e. The number of nitrogens with one attached hydrogen (secondary N) is 2. The molecule has 7 nitrogen and oxygen atoms in total. The fraction of sp³-hybridized carbons (Fsp3) is 0.571. The standard InChI is InChI=1S/C21H32N4O3/c1-21(2,3)16-6-4-15(5-7-16)20(28)23-11-8-19(27)24-17-9-12-25(13-10-17)14-18(22)26/h4-7,17H,8-14H2,1-3H3,(H2,22,26)(H,23,28)(H,24,27). The van der Waals surface area contributed by atoms with Gasteiger partial charge in [-0.1, -0.05) is 32.9 Å². The molecular formula is C21H32N4O3. The predicted octanol–water partition coefficient (Wildman–Crippen LogP) is 1.17. The molecule has 7 heteroatoms. The van der Waals surface area contributed by atoms with Crippen LogP contribution in [0.1, 0.15) is 56.0 Å². The summed E-state index contributed by atoms with van der Waals surface area (Å²) in [7, 11) is 0. The van der Waals surface area contributed by atoms with E-state index in [2.05, 4.69) is 31.4 Å². The molecule has 0 aliphatic carbocycles. The Morgan fingerprint density at radius 2 is 1.71 bits per heavy atom. The molecule has 1 fully saturated rings. The Hall–Kier alpha value is -2.41. The number of nitrogens with two attached hydrogens (primary N) is 1. The molecule has 1 aliphatic rings. The zero-order valence-electron chi connectivity index (χ0n) is 17.1. The third-order valence-electron chi connectivity index (χ3n) is 4.98. The second-order valence-corrected chi connectivity index (χ2v) is 8.42. The molecule has 0 aromatic heterocycles. The van der Waals surface area contributed by atoms with E-state index >= 15 is 0 Å². The highest BCUT2D eigenvalue weighted by molar-refractivity contribution is 5.94. The molecule has 1 heterocycles. The first kappa shape index (κ1) is 21.9. The summed E-state index contributed by atoms with van der Waals surface area (Å²) < 4.78 is 0. The Balaban J connectivity index is 1.68. The highest BCUT2D eigenvalue weighted by Crippen LogP contribution is 2.22. The molecule has 154 valence electrons. The van der Waals surface area contributed by atoms with Crippen LogP contribution in [0.15, 0.2) is 24.3 Å². The molecule has 1 aromatic carbocycles. The zero-order valence-corrected chi connectivity index (χ0v) is 17.1. The monoisotopic (exact) mass is 388 g/mol. The SMILES string of the molecule is CC(C)(C)c1ccc(C(=O)NCCC(=O)NC2CCN(CC(N)=O)CC2)cc1. The quantitative estimate of drug-likeness (QED) is 0.652. The van der Waals surface area contributed by atoms with Crippen molar-refractivity contribution in [3.8, 4) is 0 Å². The summed E-state index contributed by atoms with van der Waals surface area (Å²) in [6.45, 7) is 8.44. The van der Waals surface area contributed by atoms with Crippen molar-refractivity contribution in [1.82, 2.24) is 15.5 Å². The van der Waals surface area contributed by atoms with Crippen molar-refractivity contribution >= 4 is 17.7 Å². The Bertz CT molecular complexity index is 687. The van der Waals surface area contributed by atoms with Gasteiger partial charge >= 0.3 is 0 Å². The molecule has 0 spiro atoms. The zero-order chi connectivity index (χ0) is 20.7. The van der Waals surface area contributed by atoms with Gasteiger partial charge in [0.05, 0.1) is 6.54 Å². The van der Waals surface area contributed by atoms with Crippen molar-refractivity contribution in [3.05, 3.63) is 35.4 Å². The topological polar surface area (TPSA) is 105 Å². The predicted molar refractivity (Wildman–Crippen MR) is 109 cm³/mol. The Morgan fingerprint density at radius 1 is 1.11 bits per heavy atom. The van der Waals surface area contributed by atoms with E-state index in [0.717, 1.165) is 25.9 Å². The van der Waals surface area contributed by atoms with Crippen LogP contribution in [0.2, 0.25) is 0 Å². The van der Waals surface area contributed by atoms with Gasteiger partial charge in [0.15, 0.2) is 0 Å². The van der Waals surface area contributed by atoms with E-state index in [9.17, 15) is 14.4 Å². The van der Waals surface area contributed by atoms with Crippen molar-refractivity contribution in [2.45, 2.75) is 51.5 Å². The Kier molecular flexibility index (Phi) is 7.57. The van der Waals surface area contributed by atoms with Gasteiger partial charge < -0.3 is 16.4 Å². The second-order valence-electron chi connectivity index (χ2n) is 8.42. The normalized spacial score (nSPS) is 15.8. The van der Waals surface area contributed by atoms with Gasteiger partial charge in [-0.15, -0.1) is 0 Å². The van der Waals surface area contributed by atoms with Gasteiger partial charge in [-0.05, 0) is 36.0 Å². The number of nitrogens with zero attached hydrogens (tertiary/aromatic N) is 1. The highest BCUT2D eigenvalue weighted by Gasteiger charge is 2.21. The molecular weight excluding hydrogens is 356 g/mol. The largest absolute Gasteiger partial charge is 0.369 e. The number of benzene rings is 1. The smallest absolute Gasteiger partial charge is 0.251 e. The van der Waals surface area contributed by atoms with Gasteiger partial charge in [0.1, 0.15) is 0 Å². The van der Waals surface area contributed by atoms with Gasteiger partial charge in [-0.25, -0.2) is 0 Å². The van der Waals surface area contributed by atoms with E-state index in [1.54, 1.807) is 0 Å². The lowest BCUT2D eigenvalue weighted by Gasteiger charge is -2.31. The lowest BCUT2D eigenvalue weighted by Crippen LogP contribution is -2.47. The summed E-state index contributed by atoms with van der Waals surface area (Å²) in [5, 5.41) is 5.79. The van der Waals surface area contributed by atoms with Crippen molar-refractivity contribution < 1.29 is 14.4 Å². The first-order chi connectivity index (χ1) is 13.1. The lowest BCUT2D eigenvalue weighted by atomic mass is 9.87. The number of likely N-dealkylation sites (tertiary alicyclic amines) is 1. The molecule has 0 saturated carbocycles. The van der Waals surface area contributed by atoms with Gasteiger partial charge in [0, 0.05) is 37.7 Å². The van der Waals surface area contributed by atoms with Crippen LogP contribution in [-0.4, -0.2) is 54.8 Å². The molecule has 0 radical (unpaired) electrons. The van der Waals surface area contributed by atoms with Gasteiger partial charge in [0.25, 0.3) is 5.91 Å². The number of carbonyl (C=O) groups excluding carboxylic acids is 3. The number of hydrogen-bond acceptors (Lipinski definition) is 4. The van der Waals surface area contributed by atoms with Gasteiger partial charge in [-0.2, -0.15) is 0 Å². The first-order valence-electron chi connectivity index (χ1n) is 9.84. The number of piperidine rings is 1. The summed E-state index contributed by atoms with van der Waals surface area (Å²) in [4.78, 5) is 37.2. The van der Waals surface area contributed by atoms with Crippen LogP contribution in [0.25, 0.3) is 0 Å². The maximum absolute atomic E-state index is 12.2. The van der Waals surface area contributed by atoms with E-state index in [4.69, 9.17) is 5.73 Å². The van der Waals surface area contributed by atoms with Gasteiger partial charge in [-0.3, -0.25) is 19.3 Å². The minimum atomic E-state index is -0.328. The number of primary amides is 1. The van der Waals surface area contributed by atoms with Crippen molar-refractivity contribution in [3.63, 3.8) is 0 Å². The number of amides is 3. The minimum absolute atomic E-state index is 0.0447. The third kappa shape index (κ3) is 6.96. The minimum Gasteiger partial charge on any atom is -0.369 e. The Morgan fingerprint density at radius 3 is 2.25 bits per heavy atom. The summed E-state index contributed by atoms with van der Waals surface area (Å²) in [5.74, 6) is -0.573. The van der Waals surface area contributed by atoms with Crippen molar-refractivity contribution in [1.29, 1.82) is 0 Å². The molecule has 3 amide bonds. The first-order valence-corrected chi connectivity index (χ1v) is 9.84. The molecule has 0 bridgehead atoms. The van der Waals surface area contributed by atoms with E-state index in [1.165, 1.54) is 5.56 Å². The molecule has 1 saturated heterocycles. The summed E-state index contributed by atoms with van der Waals surface area (Å²) in [5.41, 5.74) is 7.01. The fourth-order valence-electron chi connectivity index (χ4n) is 3.27. The van der Waals surface area contributed by atoms with Gasteiger partial charge in [0.2, 0.25) is 11.8 Å². The van der Waals surface area contributed by atoms with E-state index < -0.39 is 0 Å². The second kappa shape index (κ2) is 9.68. The number of hydrogen-bond donors (Lipinski definition) is 3. The third-order valence-corrected chi connectivity index (χ3v) is 4.98. The van der Waals surface area contributed by atoms with Crippen LogP contribution in [0.4, 0.5) is 0 Å². The summed E-state index contributed by atoms with van der Waals surface area (Å²) in [6, 6.07) is 7.67. The van der Waals surface area contributed by atoms with Crippen LogP contribution < -0.4 is 16.4 Å².